The summed E-state index contributed by atoms with van der Waals surface area (Å²) in [6.07, 6.45) is 5.03. The molecule has 1 saturated heterocycles. The Balaban J connectivity index is 1.43. The Hall–Kier alpha value is -3.12. The number of rotatable bonds is 6. The molecule has 0 unspecified atom stereocenters. The van der Waals surface area contributed by atoms with Gasteiger partial charge in [0.1, 0.15) is 0 Å². The van der Waals surface area contributed by atoms with E-state index in [1.807, 2.05) is 4.57 Å². The van der Waals surface area contributed by atoms with Crippen molar-refractivity contribution in [3.63, 3.8) is 0 Å². The van der Waals surface area contributed by atoms with Crippen LogP contribution in [0, 0.1) is 16.0 Å². The predicted octanol–water partition coefficient (Wildman–Crippen LogP) is 2.54. The normalized spacial score (nSPS) is 16.1. The molecule has 31 heavy (non-hydrogen) atoms. The van der Waals surface area contributed by atoms with Gasteiger partial charge in [0.25, 0.3) is 5.69 Å². The highest BCUT2D eigenvalue weighted by atomic mass is 32.2. The third-order valence-electron chi connectivity index (χ3n) is 5.56. The van der Waals surface area contributed by atoms with Gasteiger partial charge in [0.05, 0.1) is 22.2 Å². The Kier molecular flexibility index (Phi) is 5.24. The Bertz CT molecular complexity index is 1100. The van der Waals surface area contributed by atoms with E-state index in [2.05, 4.69) is 20.3 Å². The minimum absolute atomic E-state index is 0.0383. The molecule has 0 radical (unpaired) electrons. The Labute approximate surface area is 181 Å². The lowest BCUT2D eigenvalue weighted by molar-refractivity contribution is -0.387. The average molecular weight is 443 g/mol. The van der Waals surface area contributed by atoms with Gasteiger partial charge in [-0.3, -0.25) is 10.1 Å². The fourth-order valence-electron chi connectivity index (χ4n) is 3.87. The summed E-state index contributed by atoms with van der Waals surface area (Å²) >= 11 is 1.09. The lowest BCUT2D eigenvalue weighted by Crippen LogP contribution is -2.28. The maximum Gasteiger partial charge on any atom is 0.287 e. The second-order valence-corrected chi connectivity index (χ2v) is 8.53. The Morgan fingerprint density at radius 2 is 2.03 bits per heavy atom. The molecule has 11 nitrogen and oxygen atoms in total. The monoisotopic (exact) mass is 443 g/mol. The molecule has 0 atom stereocenters. The van der Waals surface area contributed by atoms with E-state index in [-0.39, 0.29) is 18.3 Å². The van der Waals surface area contributed by atoms with Gasteiger partial charge in [0.15, 0.2) is 34.0 Å². The highest BCUT2D eigenvalue weighted by molar-refractivity contribution is 7.99. The number of imidazole rings is 1. The molecule has 0 saturated carbocycles. The summed E-state index contributed by atoms with van der Waals surface area (Å²) in [5.74, 6) is 2.39. The molecular formula is C19H21N7O4S. The number of nitrogens with one attached hydrogen (secondary N) is 1. The van der Waals surface area contributed by atoms with E-state index in [9.17, 15) is 10.1 Å². The van der Waals surface area contributed by atoms with Crippen LogP contribution in [0.4, 0.5) is 11.5 Å². The molecule has 4 heterocycles. The second kappa shape index (κ2) is 8.19. The average Bonchev–Trinajstić information content (AvgIpc) is 3.40. The largest absolute Gasteiger partial charge is 0.454 e. The van der Waals surface area contributed by atoms with Crippen molar-refractivity contribution in [3.8, 4) is 23.0 Å². The number of anilines is 1. The molecule has 0 aromatic heterocycles. The number of ether oxygens (including phenoxy) is 2. The third-order valence-corrected chi connectivity index (χ3v) is 6.47. The van der Waals surface area contributed by atoms with Crippen LogP contribution in [-0.4, -0.2) is 44.3 Å². The topological polar surface area (TPSA) is 143 Å². The first-order chi connectivity index (χ1) is 15.1. The van der Waals surface area contributed by atoms with Crippen molar-refractivity contribution in [1.82, 2.24) is 24.8 Å². The van der Waals surface area contributed by atoms with Gasteiger partial charge in [-0.05, 0) is 50.0 Å². The van der Waals surface area contributed by atoms with E-state index in [0.717, 1.165) is 50.7 Å². The van der Waals surface area contributed by atoms with Crippen LogP contribution in [0.25, 0.3) is 11.5 Å². The van der Waals surface area contributed by atoms with Crippen LogP contribution < -0.4 is 20.5 Å². The van der Waals surface area contributed by atoms with Crippen molar-refractivity contribution in [2.45, 2.75) is 35.9 Å². The number of nitrogens with two attached hydrogens (primary N) is 1. The summed E-state index contributed by atoms with van der Waals surface area (Å²) in [4.78, 5) is 24.8. The first-order valence-electron chi connectivity index (χ1n) is 10.0. The quantitative estimate of drug-likeness (QED) is 0.431. The number of hydrogen-bond donors (Lipinski definition) is 2. The van der Waals surface area contributed by atoms with Gasteiger partial charge in [-0.15, -0.1) is 0 Å². The molecule has 1 fully saturated rings. The fraction of sp³-hybridized carbons (Fsp3) is 0.421. The van der Waals surface area contributed by atoms with Gasteiger partial charge < -0.3 is 25.1 Å². The fourth-order valence-corrected chi connectivity index (χ4v) is 4.74. The number of hydrogen-bond acceptors (Lipinski definition) is 10. The van der Waals surface area contributed by atoms with Crippen LogP contribution in [0.15, 0.2) is 28.5 Å². The predicted molar refractivity (Wildman–Crippen MR) is 112 cm³/mol. The molecule has 12 heteroatoms. The van der Waals surface area contributed by atoms with Gasteiger partial charge in [0.2, 0.25) is 6.79 Å². The summed E-state index contributed by atoms with van der Waals surface area (Å²) in [5, 5.41) is 15.3. The maximum absolute atomic E-state index is 11.5. The van der Waals surface area contributed by atoms with Crippen molar-refractivity contribution in [3.05, 3.63) is 28.6 Å². The van der Waals surface area contributed by atoms with Crippen molar-refractivity contribution in [1.29, 1.82) is 0 Å². The van der Waals surface area contributed by atoms with E-state index < -0.39 is 4.92 Å². The number of fused-ring (bicyclic) bond motifs is 2. The smallest absolute Gasteiger partial charge is 0.287 e. The van der Waals surface area contributed by atoms with Crippen LogP contribution in [0.3, 0.4) is 0 Å². The van der Waals surface area contributed by atoms with Crippen molar-refractivity contribution in [2.75, 3.05) is 25.6 Å². The first kappa shape index (κ1) is 19.8. The molecule has 162 valence electrons. The molecule has 3 N–H and O–H groups in total. The van der Waals surface area contributed by atoms with Crippen LogP contribution >= 0.6 is 11.8 Å². The molecule has 5 rings (SSSR count). The molecule has 0 aliphatic carbocycles. The molecular weight excluding hydrogens is 422 g/mol. The van der Waals surface area contributed by atoms with Gasteiger partial charge in [0, 0.05) is 12.6 Å². The van der Waals surface area contributed by atoms with E-state index in [0.29, 0.717) is 39.0 Å². The molecule has 0 amide bonds. The zero-order valence-corrected chi connectivity index (χ0v) is 17.4. The number of nitro groups is 1. The van der Waals surface area contributed by atoms with E-state index in [1.54, 1.807) is 12.4 Å². The summed E-state index contributed by atoms with van der Waals surface area (Å²) in [7, 11) is 0. The highest BCUT2D eigenvalue weighted by Crippen LogP contribution is 2.44. The Morgan fingerprint density at radius 1 is 1.26 bits per heavy atom. The number of piperidine rings is 1. The standard InChI is InChI=1S/C19H21N7O4S/c20-17-16-18(25(9-22-17)6-3-11-1-4-21-5-2-11)24-19(23-16)31-15-8-14-13(29-10-30-14)7-12(15)26(27)28/h7-9,11,21H,1-6,10,20H2. The van der Waals surface area contributed by atoms with Gasteiger partial charge >= 0.3 is 0 Å². The van der Waals surface area contributed by atoms with Gasteiger partial charge in [-0.2, -0.15) is 0 Å². The molecule has 1 aromatic rings. The summed E-state index contributed by atoms with van der Waals surface area (Å²) < 4.78 is 12.6. The first-order valence-corrected chi connectivity index (χ1v) is 10.8. The van der Waals surface area contributed by atoms with Crippen LogP contribution in [0.1, 0.15) is 19.3 Å². The van der Waals surface area contributed by atoms with Crippen LogP contribution in [-0.2, 0) is 6.54 Å². The van der Waals surface area contributed by atoms with E-state index >= 15 is 0 Å². The Morgan fingerprint density at radius 3 is 2.81 bits per heavy atom. The van der Waals surface area contributed by atoms with Gasteiger partial charge in [-0.25, -0.2) is 15.0 Å². The second-order valence-electron chi connectivity index (χ2n) is 7.52. The zero-order chi connectivity index (χ0) is 21.4. The van der Waals surface area contributed by atoms with Gasteiger partial charge in [-0.1, -0.05) is 0 Å². The minimum atomic E-state index is -0.456. The lowest BCUT2D eigenvalue weighted by Gasteiger charge is -2.23. The number of aromatic nitrogens is 4. The van der Waals surface area contributed by atoms with Crippen LogP contribution in [0.5, 0.6) is 11.5 Å². The number of benzene rings is 1. The third kappa shape index (κ3) is 3.95. The molecule has 0 spiro atoms. The summed E-state index contributed by atoms with van der Waals surface area (Å²) in [6.45, 7) is 2.91. The SMILES string of the molecule is Nc1ncn(CCC2CCNCC2)c2nc(Sc3cc4c(cc3[N+](=O)[O-])OCO4)nc1-2. The van der Waals surface area contributed by atoms with Crippen molar-refractivity contribution < 1.29 is 14.4 Å². The van der Waals surface area contributed by atoms with E-state index in [1.165, 1.54) is 6.07 Å². The molecule has 4 aliphatic rings. The number of nitrogens with zero attached hydrogens (tertiary/aromatic N) is 5. The summed E-state index contributed by atoms with van der Waals surface area (Å²) in [6, 6.07) is 2.95. The van der Waals surface area contributed by atoms with E-state index in [4.69, 9.17) is 15.2 Å². The lowest BCUT2D eigenvalue weighted by atomic mass is 9.95. The number of aryl methyl sites for hydroxylation is 1. The molecule has 4 aliphatic heterocycles. The van der Waals surface area contributed by atoms with Crippen LogP contribution in [0.2, 0.25) is 0 Å². The van der Waals surface area contributed by atoms with Crippen molar-refractivity contribution >= 4 is 23.3 Å². The molecule has 1 aromatic carbocycles. The highest BCUT2D eigenvalue weighted by Gasteiger charge is 2.27. The minimum Gasteiger partial charge on any atom is -0.454 e. The zero-order valence-electron chi connectivity index (χ0n) is 16.6. The van der Waals surface area contributed by atoms with Crippen molar-refractivity contribution in [2.24, 2.45) is 5.92 Å². The molecule has 0 bridgehead atoms. The summed E-state index contributed by atoms with van der Waals surface area (Å²) in [5.41, 5.74) is 6.44. The number of nitro benzene ring substituents is 1. The number of nitrogen functional groups attached to an aromatic ring is 1. The maximum atomic E-state index is 11.5.